The maximum atomic E-state index is 12.0. The largest absolute Gasteiger partial charge is 0.455 e. The SMILES string of the molecule is O=C(N[C@@H]1C=CS(=O)(=O)C1)c1ccc(CN2CCCC2)o1. The van der Waals surface area contributed by atoms with E-state index in [9.17, 15) is 13.2 Å². The number of likely N-dealkylation sites (tertiary alicyclic amines) is 1. The van der Waals surface area contributed by atoms with E-state index in [0.29, 0.717) is 6.54 Å². The standard InChI is InChI=1S/C14H18N2O4S/c17-14(15-11-5-8-21(18,19)10-11)13-4-3-12(20-13)9-16-6-1-2-7-16/h3-5,8,11H,1-2,6-7,9-10H2,(H,15,17)/t11-/m1/s1. The lowest BCUT2D eigenvalue weighted by Gasteiger charge is -2.12. The number of nitrogens with zero attached hydrogens (tertiary/aromatic N) is 1. The molecule has 3 rings (SSSR count). The molecule has 1 saturated heterocycles. The van der Waals surface area contributed by atoms with Gasteiger partial charge in [0.05, 0.1) is 18.3 Å². The molecular weight excluding hydrogens is 292 g/mol. The van der Waals surface area contributed by atoms with Crippen LogP contribution in [-0.2, 0) is 16.4 Å². The second kappa shape index (κ2) is 5.65. The van der Waals surface area contributed by atoms with Gasteiger partial charge in [-0.3, -0.25) is 9.69 Å². The van der Waals surface area contributed by atoms with Crippen LogP contribution in [0, 0.1) is 0 Å². The predicted molar refractivity (Wildman–Crippen MR) is 77.4 cm³/mol. The normalized spacial score (nSPS) is 24.5. The molecule has 0 aliphatic carbocycles. The molecule has 21 heavy (non-hydrogen) atoms. The van der Waals surface area contributed by atoms with Crippen LogP contribution in [0.3, 0.4) is 0 Å². The summed E-state index contributed by atoms with van der Waals surface area (Å²) < 4.78 is 28.1. The van der Waals surface area contributed by atoms with E-state index in [2.05, 4.69) is 10.2 Å². The van der Waals surface area contributed by atoms with Gasteiger partial charge in [-0.05, 0) is 44.1 Å². The van der Waals surface area contributed by atoms with Crippen molar-refractivity contribution in [2.45, 2.75) is 25.4 Å². The van der Waals surface area contributed by atoms with Crippen molar-refractivity contribution < 1.29 is 17.6 Å². The van der Waals surface area contributed by atoms with E-state index >= 15 is 0 Å². The number of furan rings is 1. The maximum absolute atomic E-state index is 12.0. The van der Waals surface area contributed by atoms with Gasteiger partial charge in [-0.25, -0.2) is 8.42 Å². The fourth-order valence-corrected chi connectivity index (χ4v) is 3.89. The molecule has 114 valence electrons. The van der Waals surface area contributed by atoms with Gasteiger partial charge < -0.3 is 9.73 Å². The van der Waals surface area contributed by atoms with Gasteiger partial charge in [0, 0.05) is 5.41 Å². The Kier molecular flexibility index (Phi) is 3.86. The zero-order valence-corrected chi connectivity index (χ0v) is 12.4. The molecule has 0 radical (unpaired) electrons. The van der Waals surface area contributed by atoms with Crippen LogP contribution in [0.4, 0.5) is 0 Å². The molecule has 1 amide bonds. The average molecular weight is 310 g/mol. The number of amides is 1. The summed E-state index contributed by atoms with van der Waals surface area (Å²) in [5, 5.41) is 3.78. The monoisotopic (exact) mass is 310 g/mol. The quantitative estimate of drug-likeness (QED) is 0.894. The minimum atomic E-state index is -3.17. The minimum Gasteiger partial charge on any atom is -0.455 e. The lowest BCUT2D eigenvalue weighted by Crippen LogP contribution is -2.35. The van der Waals surface area contributed by atoms with Crippen LogP contribution in [0.5, 0.6) is 0 Å². The molecule has 3 heterocycles. The molecule has 0 saturated carbocycles. The molecule has 1 N–H and O–H groups in total. The molecular formula is C14H18N2O4S. The Morgan fingerprint density at radius 3 is 2.76 bits per heavy atom. The highest BCUT2D eigenvalue weighted by molar-refractivity contribution is 7.94. The molecule has 1 aromatic heterocycles. The second-order valence-corrected chi connectivity index (χ2v) is 7.42. The Balaban J connectivity index is 1.58. The van der Waals surface area contributed by atoms with E-state index in [4.69, 9.17) is 4.42 Å². The molecule has 0 unspecified atom stereocenters. The highest BCUT2D eigenvalue weighted by atomic mass is 32.2. The number of sulfone groups is 1. The summed E-state index contributed by atoms with van der Waals surface area (Å²) >= 11 is 0. The fourth-order valence-electron chi connectivity index (χ4n) is 2.65. The van der Waals surface area contributed by atoms with Crippen molar-refractivity contribution in [1.29, 1.82) is 0 Å². The van der Waals surface area contributed by atoms with Crippen molar-refractivity contribution in [3.05, 3.63) is 35.1 Å². The van der Waals surface area contributed by atoms with Gasteiger partial charge in [0.25, 0.3) is 5.91 Å². The summed E-state index contributed by atoms with van der Waals surface area (Å²) in [6.45, 7) is 2.84. The van der Waals surface area contributed by atoms with Crippen LogP contribution >= 0.6 is 0 Å². The third kappa shape index (κ3) is 3.54. The second-order valence-electron chi connectivity index (χ2n) is 5.49. The molecule has 7 heteroatoms. The Morgan fingerprint density at radius 1 is 1.33 bits per heavy atom. The van der Waals surface area contributed by atoms with Crippen molar-refractivity contribution in [2.75, 3.05) is 18.8 Å². The van der Waals surface area contributed by atoms with Crippen LogP contribution in [0.25, 0.3) is 0 Å². The average Bonchev–Trinajstić information content (AvgIpc) is 3.12. The lowest BCUT2D eigenvalue weighted by atomic mass is 10.3. The number of hydrogen-bond acceptors (Lipinski definition) is 5. The van der Waals surface area contributed by atoms with Crippen molar-refractivity contribution in [3.8, 4) is 0 Å². The smallest absolute Gasteiger partial charge is 0.287 e. The van der Waals surface area contributed by atoms with E-state index in [1.807, 2.05) is 0 Å². The lowest BCUT2D eigenvalue weighted by molar-refractivity contribution is 0.0916. The molecule has 1 atom stereocenters. The number of nitrogens with one attached hydrogen (secondary N) is 1. The third-order valence-electron chi connectivity index (χ3n) is 3.71. The van der Waals surface area contributed by atoms with Gasteiger partial charge in [0.15, 0.2) is 15.6 Å². The van der Waals surface area contributed by atoms with E-state index in [-0.39, 0.29) is 17.4 Å². The first-order chi connectivity index (χ1) is 10.0. The van der Waals surface area contributed by atoms with Crippen molar-refractivity contribution >= 4 is 15.7 Å². The summed E-state index contributed by atoms with van der Waals surface area (Å²) in [5.74, 6) is 0.521. The molecule has 6 nitrogen and oxygen atoms in total. The van der Waals surface area contributed by atoms with E-state index in [1.165, 1.54) is 18.9 Å². The van der Waals surface area contributed by atoms with Gasteiger partial charge in [0.2, 0.25) is 0 Å². The molecule has 0 spiro atoms. The van der Waals surface area contributed by atoms with Gasteiger partial charge in [-0.1, -0.05) is 0 Å². The fraction of sp³-hybridized carbons (Fsp3) is 0.500. The third-order valence-corrected chi connectivity index (χ3v) is 5.11. The highest BCUT2D eigenvalue weighted by Crippen LogP contribution is 2.16. The Bertz CT molecular complexity index is 656. The molecule has 1 aromatic rings. The summed E-state index contributed by atoms with van der Waals surface area (Å²) in [4.78, 5) is 14.3. The van der Waals surface area contributed by atoms with Gasteiger partial charge in [-0.2, -0.15) is 0 Å². The molecule has 0 aromatic carbocycles. The van der Waals surface area contributed by atoms with E-state index in [1.54, 1.807) is 12.1 Å². The number of carbonyl (C=O) groups excluding carboxylic acids is 1. The number of rotatable bonds is 4. The zero-order chi connectivity index (χ0) is 14.9. The summed E-state index contributed by atoms with van der Waals surface area (Å²) in [6, 6.07) is 2.96. The van der Waals surface area contributed by atoms with Gasteiger partial charge >= 0.3 is 0 Å². The number of hydrogen-bond donors (Lipinski definition) is 1. The van der Waals surface area contributed by atoms with Crippen LogP contribution in [0.15, 0.2) is 28.0 Å². The predicted octanol–water partition coefficient (Wildman–Crippen LogP) is 0.916. The Labute approximate surface area is 123 Å². The first-order valence-corrected chi connectivity index (χ1v) is 8.76. The highest BCUT2D eigenvalue weighted by Gasteiger charge is 2.24. The van der Waals surface area contributed by atoms with Crippen LogP contribution in [0.2, 0.25) is 0 Å². The van der Waals surface area contributed by atoms with Crippen molar-refractivity contribution in [1.82, 2.24) is 10.2 Å². The Morgan fingerprint density at radius 2 is 2.10 bits per heavy atom. The summed E-state index contributed by atoms with van der Waals surface area (Å²) in [6.07, 6.45) is 3.90. The van der Waals surface area contributed by atoms with Crippen molar-refractivity contribution in [2.24, 2.45) is 0 Å². The van der Waals surface area contributed by atoms with E-state index in [0.717, 1.165) is 24.3 Å². The maximum Gasteiger partial charge on any atom is 0.287 e. The molecule has 0 bridgehead atoms. The molecule has 1 fully saturated rings. The number of carbonyl (C=O) groups is 1. The summed E-state index contributed by atoms with van der Waals surface area (Å²) in [5.41, 5.74) is 0. The first kappa shape index (κ1) is 14.3. The van der Waals surface area contributed by atoms with E-state index < -0.39 is 15.9 Å². The zero-order valence-electron chi connectivity index (χ0n) is 11.6. The van der Waals surface area contributed by atoms with Crippen molar-refractivity contribution in [3.63, 3.8) is 0 Å². The van der Waals surface area contributed by atoms with Crippen LogP contribution in [0.1, 0.15) is 29.2 Å². The molecule has 2 aliphatic rings. The van der Waals surface area contributed by atoms with Crippen LogP contribution < -0.4 is 5.32 Å². The minimum absolute atomic E-state index is 0.0833. The van der Waals surface area contributed by atoms with Gasteiger partial charge in [0.1, 0.15) is 5.76 Å². The summed E-state index contributed by atoms with van der Waals surface area (Å²) in [7, 11) is -3.17. The van der Waals surface area contributed by atoms with Crippen LogP contribution in [-0.4, -0.2) is 44.1 Å². The topological polar surface area (TPSA) is 79.6 Å². The Hall–Kier alpha value is -1.60. The van der Waals surface area contributed by atoms with Gasteiger partial charge in [-0.15, -0.1) is 0 Å². The first-order valence-electron chi connectivity index (χ1n) is 7.05. The molecule has 2 aliphatic heterocycles.